The van der Waals surface area contributed by atoms with Crippen LogP contribution in [0.5, 0.6) is 0 Å². The summed E-state index contributed by atoms with van der Waals surface area (Å²) in [5.74, 6) is 0.0623. The van der Waals surface area contributed by atoms with E-state index in [2.05, 4.69) is 58.1 Å². The van der Waals surface area contributed by atoms with E-state index in [1.54, 1.807) is 6.20 Å². The van der Waals surface area contributed by atoms with Gasteiger partial charge in [0.15, 0.2) is 0 Å². The SMILES string of the molecule is O=C(CCC1(Cc2ccc(-c3ccccc3)cc2)CCC(=O)N1)NCc1ccc2ncccc2c1. The lowest BCUT2D eigenvalue weighted by Gasteiger charge is -2.29. The van der Waals surface area contributed by atoms with Gasteiger partial charge in [-0.05, 0) is 59.7 Å². The van der Waals surface area contributed by atoms with Gasteiger partial charge in [-0.1, -0.05) is 66.7 Å². The molecule has 0 saturated carbocycles. The molecule has 1 aliphatic rings. The van der Waals surface area contributed by atoms with Crippen LogP contribution in [0.3, 0.4) is 0 Å². The predicted octanol–water partition coefficient (Wildman–Crippen LogP) is 5.19. The molecule has 1 unspecified atom stereocenters. The van der Waals surface area contributed by atoms with Crippen molar-refractivity contribution in [2.24, 2.45) is 0 Å². The lowest BCUT2D eigenvalue weighted by atomic mass is 9.84. The zero-order valence-corrected chi connectivity index (χ0v) is 19.7. The Bertz CT molecular complexity index is 1330. The second-order valence-electron chi connectivity index (χ2n) is 9.38. The number of aromatic nitrogens is 1. The number of nitrogens with zero attached hydrogens (tertiary/aromatic N) is 1. The molecule has 0 spiro atoms. The van der Waals surface area contributed by atoms with E-state index in [0.29, 0.717) is 25.8 Å². The van der Waals surface area contributed by atoms with E-state index in [1.807, 2.05) is 42.5 Å². The Kier molecular flexibility index (Phi) is 6.57. The summed E-state index contributed by atoms with van der Waals surface area (Å²) in [7, 11) is 0. The van der Waals surface area contributed by atoms with Crippen molar-refractivity contribution >= 4 is 22.7 Å². The molecular formula is C30H29N3O2. The third-order valence-electron chi connectivity index (χ3n) is 6.83. The Morgan fingerprint density at radius 2 is 1.69 bits per heavy atom. The van der Waals surface area contributed by atoms with E-state index in [4.69, 9.17) is 0 Å². The topological polar surface area (TPSA) is 71.1 Å². The zero-order valence-electron chi connectivity index (χ0n) is 19.7. The first-order valence-electron chi connectivity index (χ1n) is 12.1. The smallest absolute Gasteiger partial charge is 0.220 e. The van der Waals surface area contributed by atoms with Crippen molar-refractivity contribution in [2.75, 3.05) is 0 Å². The number of nitrogens with one attached hydrogen (secondary N) is 2. The van der Waals surface area contributed by atoms with E-state index in [9.17, 15) is 9.59 Å². The number of carbonyl (C=O) groups is 2. The van der Waals surface area contributed by atoms with Gasteiger partial charge in [0.1, 0.15) is 0 Å². The summed E-state index contributed by atoms with van der Waals surface area (Å²) in [5, 5.41) is 7.28. The van der Waals surface area contributed by atoms with Gasteiger partial charge in [0.2, 0.25) is 11.8 Å². The number of carbonyl (C=O) groups excluding carboxylic acids is 2. The van der Waals surface area contributed by atoms with Crippen LogP contribution in [-0.2, 0) is 22.6 Å². The van der Waals surface area contributed by atoms with Gasteiger partial charge < -0.3 is 10.6 Å². The second kappa shape index (κ2) is 10.1. The quantitative estimate of drug-likeness (QED) is 0.378. The zero-order chi connectivity index (χ0) is 24.1. The van der Waals surface area contributed by atoms with Crippen molar-refractivity contribution in [1.29, 1.82) is 0 Å². The molecule has 1 aliphatic heterocycles. The minimum atomic E-state index is -0.378. The fourth-order valence-corrected chi connectivity index (χ4v) is 4.90. The number of benzene rings is 3. The number of amides is 2. The largest absolute Gasteiger partial charge is 0.352 e. The van der Waals surface area contributed by atoms with Gasteiger partial charge in [0.05, 0.1) is 5.52 Å². The molecule has 1 atom stereocenters. The van der Waals surface area contributed by atoms with Crippen LogP contribution in [-0.4, -0.2) is 22.3 Å². The van der Waals surface area contributed by atoms with Crippen molar-refractivity contribution in [3.05, 3.63) is 102 Å². The van der Waals surface area contributed by atoms with Gasteiger partial charge >= 0.3 is 0 Å². The number of hydrogen-bond donors (Lipinski definition) is 2. The first-order valence-corrected chi connectivity index (χ1v) is 12.1. The van der Waals surface area contributed by atoms with Crippen molar-refractivity contribution in [3.63, 3.8) is 0 Å². The molecule has 5 rings (SSSR count). The average molecular weight is 464 g/mol. The van der Waals surface area contributed by atoms with Gasteiger partial charge in [-0.3, -0.25) is 14.6 Å². The van der Waals surface area contributed by atoms with Crippen molar-refractivity contribution in [1.82, 2.24) is 15.6 Å². The minimum absolute atomic E-state index is 0.00349. The summed E-state index contributed by atoms with van der Waals surface area (Å²) in [4.78, 5) is 29.1. The minimum Gasteiger partial charge on any atom is -0.352 e. The van der Waals surface area contributed by atoms with Crippen LogP contribution in [0.25, 0.3) is 22.0 Å². The Labute approximate surface area is 205 Å². The average Bonchev–Trinajstić information content (AvgIpc) is 3.27. The summed E-state index contributed by atoms with van der Waals surface area (Å²) < 4.78 is 0. The molecule has 1 aromatic heterocycles. The van der Waals surface area contributed by atoms with Crippen LogP contribution in [0.2, 0.25) is 0 Å². The number of rotatable bonds is 8. The Morgan fingerprint density at radius 3 is 2.46 bits per heavy atom. The molecule has 2 heterocycles. The third-order valence-corrected chi connectivity index (χ3v) is 6.83. The lowest BCUT2D eigenvalue weighted by Crippen LogP contribution is -2.44. The maximum atomic E-state index is 12.7. The molecule has 176 valence electrons. The van der Waals surface area contributed by atoms with Crippen LogP contribution in [0.4, 0.5) is 0 Å². The van der Waals surface area contributed by atoms with Gasteiger partial charge in [-0.15, -0.1) is 0 Å². The molecule has 0 radical (unpaired) electrons. The highest BCUT2D eigenvalue weighted by molar-refractivity contribution is 5.81. The monoisotopic (exact) mass is 463 g/mol. The van der Waals surface area contributed by atoms with E-state index in [0.717, 1.165) is 34.9 Å². The van der Waals surface area contributed by atoms with Crippen LogP contribution in [0.15, 0.2) is 91.1 Å². The predicted molar refractivity (Wildman–Crippen MR) is 139 cm³/mol. The van der Waals surface area contributed by atoms with Crippen molar-refractivity contribution in [2.45, 2.75) is 44.2 Å². The van der Waals surface area contributed by atoms with Gasteiger partial charge in [0.25, 0.3) is 0 Å². The van der Waals surface area contributed by atoms with Crippen LogP contribution >= 0.6 is 0 Å². The Balaban J connectivity index is 1.20. The lowest BCUT2D eigenvalue weighted by molar-refractivity contribution is -0.122. The fourth-order valence-electron chi connectivity index (χ4n) is 4.90. The van der Waals surface area contributed by atoms with Crippen LogP contribution in [0.1, 0.15) is 36.8 Å². The molecule has 3 aromatic carbocycles. The van der Waals surface area contributed by atoms with Crippen LogP contribution in [0, 0.1) is 0 Å². The van der Waals surface area contributed by atoms with E-state index in [1.165, 1.54) is 11.1 Å². The summed E-state index contributed by atoms with van der Waals surface area (Å²) >= 11 is 0. The fraction of sp³-hybridized carbons (Fsp3) is 0.233. The molecule has 0 aliphatic carbocycles. The Hall–Kier alpha value is -3.99. The van der Waals surface area contributed by atoms with E-state index < -0.39 is 0 Å². The summed E-state index contributed by atoms with van der Waals surface area (Å²) in [6.07, 6.45) is 4.74. The highest BCUT2D eigenvalue weighted by atomic mass is 16.2. The Morgan fingerprint density at radius 1 is 0.914 bits per heavy atom. The van der Waals surface area contributed by atoms with Gasteiger partial charge in [-0.2, -0.15) is 0 Å². The summed E-state index contributed by atoms with van der Waals surface area (Å²) in [5.41, 5.74) is 5.12. The summed E-state index contributed by atoms with van der Waals surface area (Å²) in [6, 6.07) is 28.7. The first-order chi connectivity index (χ1) is 17.1. The molecule has 1 saturated heterocycles. The first kappa shape index (κ1) is 22.8. The molecule has 5 heteroatoms. The molecule has 4 aromatic rings. The van der Waals surface area contributed by atoms with E-state index >= 15 is 0 Å². The van der Waals surface area contributed by atoms with Gasteiger partial charge in [0, 0.05) is 36.5 Å². The van der Waals surface area contributed by atoms with Gasteiger partial charge in [-0.25, -0.2) is 0 Å². The maximum Gasteiger partial charge on any atom is 0.220 e. The number of hydrogen-bond acceptors (Lipinski definition) is 3. The number of fused-ring (bicyclic) bond motifs is 1. The molecule has 35 heavy (non-hydrogen) atoms. The molecule has 0 bridgehead atoms. The molecule has 1 fully saturated rings. The number of pyridine rings is 1. The third kappa shape index (κ3) is 5.57. The highest BCUT2D eigenvalue weighted by Gasteiger charge is 2.37. The van der Waals surface area contributed by atoms with Crippen LogP contribution < -0.4 is 10.6 Å². The van der Waals surface area contributed by atoms with Crippen molar-refractivity contribution < 1.29 is 9.59 Å². The molecular weight excluding hydrogens is 434 g/mol. The molecule has 5 nitrogen and oxygen atoms in total. The molecule has 2 amide bonds. The summed E-state index contributed by atoms with van der Waals surface area (Å²) in [6.45, 7) is 0.476. The normalized spacial score (nSPS) is 17.3. The highest BCUT2D eigenvalue weighted by Crippen LogP contribution is 2.30. The standard InChI is InChI=1S/C30H29N3O2/c34-28(32-21-23-10-13-27-26(19-23)7-4-18-31-27)14-16-30(17-15-29(35)33-30)20-22-8-11-25(12-9-22)24-5-2-1-3-6-24/h1-13,18-19H,14-17,20-21H2,(H,32,34)(H,33,35). The molecule has 2 N–H and O–H groups in total. The van der Waals surface area contributed by atoms with E-state index in [-0.39, 0.29) is 17.4 Å². The second-order valence-corrected chi connectivity index (χ2v) is 9.38. The maximum absolute atomic E-state index is 12.7. The van der Waals surface area contributed by atoms with Crippen molar-refractivity contribution in [3.8, 4) is 11.1 Å².